The molecule has 0 bridgehead atoms. The molecular weight excluding hydrogens is 567 g/mol. The third kappa shape index (κ3) is 6.69. The smallest absolute Gasteiger partial charge is 0.421 e. The number of hydrogen-bond donors (Lipinski definition) is 4. The lowest BCUT2D eigenvalue weighted by molar-refractivity contribution is -0.137. The van der Waals surface area contributed by atoms with Crippen molar-refractivity contribution in [1.82, 2.24) is 19.6 Å². The van der Waals surface area contributed by atoms with Gasteiger partial charge in [-0.15, -0.1) is 0 Å². The number of anilines is 3. The number of sulfonamides is 1. The minimum Gasteiger partial charge on any atom is -0.465 e. The molecular formula is C23H27F5N6O5S. The van der Waals surface area contributed by atoms with E-state index < -0.39 is 74.7 Å². The number of β-amino-alcohol motifs (C(OH)–C–C–N with tert-alkyl or cyclic N) is 1. The molecule has 3 heterocycles. The number of halogens is 5. The summed E-state index contributed by atoms with van der Waals surface area (Å²) >= 11 is 0. The molecule has 220 valence electrons. The Kier molecular flexibility index (Phi) is 8.11. The molecule has 4 rings (SSSR count). The Labute approximate surface area is 226 Å². The molecule has 11 nitrogen and oxygen atoms in total. The number of nitrogens with one attached hydrogen (secondary N) is 2. The largest absolute Gasteiger partial charge is 0.465 e. The Morgan fingerprint density at radius 3 is 2.58 bits per heavy atom. The highest BCUT2D eigenvalue weighted by molar-refractivity contribution is 7.89. The van der Waals surface area contributed by atoms with Gasteiger partial charge in [0, 0.05) is 25.8 Å². The number of likely N-dealkylation sites (tertiary alicyclic amines) is 1. The Hall–Kier alpha value is -3.31. The maximum Gasteiger partial charge on any atom is 0.421 e. The fourth-order valence-corrected chi connectivity index (χ4v) is 5.94. The molecule has 4 N–H and O–H groups in total. The molecule has 0 aliphatic carbocycles. The first kappa shape index (κ1) is 29.7. The number of aromatic nitrogens is 2. The molecule has 1 aromatic carbocycles. The van der Waals surface area contributed by atoms with Crippen molar-refractivity contribution in [2.24, 2.45) is 0 Å². The molecule has 0 saturated carbocycles. The van der Waals surface area contributed by atoms with Crippen LogP contribution in [0.15, 0.2) is 29.3 Å². The van der Waals surface area contributed by atoms with Gasteiger partial charge < -0.3 is 25.3 Å². The molecule has 0 spiro atoms. The van der Waals surface area contributed by atoms with Crippen LogP contribution in [0.4, 0.5) is 44.2 Å². The van der Waals surface area contributed by atoms with E-state index in [0.29, 0.717) is 25.1 Å². The Morgan fingerprint density at radius 1 is 1.25 bits per heavy atom. The van der Waals surface area contributed by atoms with E-state index in [1.54, 1.807) is 0 Å². The molecule has 0 unspecified atom stereocenters. The van der Waals surface area contributed by atoms with Crippen molar-refractivity contribution in [2.75, 3.05) is 36.4 Å². The van der Waals surface area contributed by atoms with Crippen LogP contribution in [-0.2, 0) is 16.2 Å². The van der Waals surface area contributed by atoms with Crippen molar-refractivity contribution >= 4 is 33.6 Å². The normalized spacial score (nSPS) is 24.2. The van der Waals surface area contributed by atoms with Crippen LogP contribution in [0.5, 0.6) is 0 Å². The van der Waals surface area contributed by atoms with E-state index in [-0.39, 0.29) is 31.7 Å². The highest BCUT2D eigenvalue weighted by atomic mass is 32.2. The van der Waals surface area contributed by atoms with Gasteiger partial charge in [-0.25, -0.2) is 31.7 Å². The summed E-state index contributed by atoms with van der Waals surface area (Å²) in [7, 11) is -4.41. The second kappa shape index (κ2) is 10.9. The summed E-state index contributed by atoms with van der Waals surface area (Å²) in [6, 6.07) is 1.42. The van der Waals surface area contributed by atoms with Crippen LogP contribution in [0.25, 0.3) is 0 Å². The van der Waals surface area contributed by atoms with E-state index in [1.165, 1.54) is 11.8 Å². The van der Waals surface area contributed by atoms with Crippen molar-refractivity contribution < 1.29 is 45.4 Å². The molecule has 2 aromatic rings. The second-order valence-corrected chi connectivity index (χ2v) is 11.7. The van der Waals surface area contributed by atoms with Crippen molar-refractivity contribution in [3.05, 3.63) is 35.8 Å². The average Bonchev–Trinajstić information content (AvgIpc) is 2.85. The zero-order valence-electron chi connectivity index (χ0n) is 21.1. The molecule has 2 aliphatic rings. The molecule has 2 aliphatic heterocycles. The van der Waals surface area contributed by atoms with Gasteiger partial charge in [0.05, 0.1) is 28.8 Å². The number of carboxylic acid groups (broad SMARTS) is 1. The van der Waals surface area contributed by atoms with Gasteiger partial charge >= 0.3 is 12.3 Å². The summed E-state index contributed by atoms with van der Waals surface area (Å²) < 4.78 is 97.9. The van der Waals surface area contributed by atoms with Crippen LogP contribution >= 0.6 is 0 Å². The van der Waals surface area contributed by atoms with Crippen LogP contribution in [0.1, 0.15) is 31.7 Å². The lowest BCUT2D eigenvalue weighted by Crippen LogP contribution is -2.53. The number of aliphatic hydroxyl groups is 1. The maximum absolute atomic E-state index is 14.9. The van der Waals surface area contributed by atoms with Gasteiger partial charge in [0.15, 0.2) is 0 Å². The van der Waals surface area contributed by atoms with Crippen molar-refractivity contribution in [3.8, 4) is 0 Å². The Bertz CT molecular complexity index is 1380. The van der Waals surface area contributed by atoms with Gasteiger partial charge in [0.25, 0.3) is 0 Å². The lowest BCUT2D eigenvalue weighted by Gasteiger charge is -2.38. The topological polar surface area (TPSA) is 148 Å². The molecule has 0 radical (unpaired) electrons. The second-order valence-electron chi connectivity index (χ2n) is 9.98. The number of nitrogens with zero attached hydrogens (tertiary/aromatic N) is 4. The SMILES string of the molecule is C[C@]1(O)CCCN(c2nc(Nc3ccc(S(=O)(=O)N[C@@H]4CCN(C(=O)O)C[C@@H]4F)cc3F)ncc2C(F)(F)F)C1. The Morgan fingerprint density at radius 2 is 1.98 bits per heavy atom. The molecule has 17 heteroatoms. The predicted molar refractivity (Wildman–Crippen MR) is 132 cm³/mol. The molecule has 40 heavy (non-hydrogen) atoms. The number of rotatable bonds is 6. The number of hydrogen-bond acceptors (Lipinski definition) is 8. The van der Waals surface area contributed by atoms with Crippen LogP contribution < -0.4 is 14.9 Å². The van der Waals surface area contributed by atoms with E-state index >= 15 is 0 Å². The standard InChI is InChI=1S/C23H27F5N6O5S/c1-22(37)6-2-7-34(12-22)19-14(23(26,27)28)10-29-20(31-19)30-17-4-3-13(9-15(17)24)40(38,39)32-18-5-8-33(21(35)36)11-16(18)25/h3-4,9-10,16,18,32,37H,2,5-8,11-12H2,1H3,(H,35,36)(H,29,30,31)/t16-,18+,22-/m0/s1. The fourth-order valence-electron chi connectivity index (χ4n) is 4.64. The minimum atomic E-state index is -4.80. The van der Waals surface area contributed by atoms with E-state index in [2.05, 4.69) is 20.0 Å². The van der Waals surface area contributed by atoms with Crippen molar-refractivity contribution in [2.45, 2.75) is 55.1 Å². The summed E-state index contributed by atoms with van der Waals surface area (Å²) in [5.41, 5.74) is -2.71. The summed E-state index contributed by atoms with van der Waals surface area (Å²) in [5.74, 6) is -2.00. The molecule has 2 saturated heterocycles. The first-order valence-electron chi connectivity index (χ1n) is 12.2. The van der Waals surface area contributed by atoms with E-state index in [4.69, 9.17) is 5.11 Å². The van der Waals surface area contributed by atoms with Gasteiger partial charge in [0.2, 0.25) is 16.0 Å². The quantitative estimate of drug-likeness (QED) is 0.371. The third-order valence-electron chi connectivity index (χ3n) is 6.66. The van der Waals surface area contributed by atoms with Crippen LogP contribution in [0.3, 0.4) is 0 Å². The average molecular weight is 595 g/mol. The monoisotopic (exact) mass is 594 g/mol. The van der Waals surface area contributed by atoms with Gasteiger partial charge in [0.1, 0.15) is 23.4 Å². The van der Waals surface area contributed by atoms with Gasteiger partial charge in [-0.05, 0) is 44.4 Å². The molecule has 1 amide bonds. The molecule has 2 fully saturated rings. The van der Waals surface area contributed by atoms with Crippen LogP contribution in [-0.4, -0.2) is 83.6 Å². The predicted octanol–water partition coefficient (Wildman–Crippen LogP) is 3.10. The van der Waals surface area contributed by atoms with Gasteiger partial charge in [-0.3, -0.25) is 0 Å². The maximum atomic E-state index is 14.9. The van der Waals surface area contributed by atoms with E-state index in [1.807, 2.05) is 0 Å². The summed E-state index contributed by atoms with van der Waals surface area (Å²) in [4.78, 5) is 20.1. The van der Waals surface area contributed by atoms with Crippen molar-refractivity contribution in [1.29, 1.82) is 0 Å². The molecule has 3 atom stereocenters. The number of benzene rings is 1. The zero-order chi connectivity index (χ0) is 29.5. The first-order valence-corrected chi connectivity index (χ1v) is 13.7. The van der Waals surface area contributed by atoms with Crippen molar-refractivity contribution in [3.63, 3.8) is 0 Å². The zero-order valence-corrected chi connectivity index (χ0v) is 21.9. The van der Waals surface area contributed by atoms with E-state index in [0.717, 1.165) is 17.0 Å². The number of amides is 1. The number of piperidine rings is 2. The fraction of sp³-hybridized carbons (Fsp3) is 0.522. The summed E-state index contributed by atoms with van der Waals surface area (Å²) in [6.07, 6.45) is -6.73. The number of carbonyl (C=O) groups is 1. The Balaban J connectivity index is 1.53. The lowest BCUT2D eigenvalue weighted by atomic mass is 9.95. The minimum absolute atomic E-state index is 0.0930. The van der Waals surface area contributed by atoms with E-state index in [9.17, 15) is 40.3 Å². The van der Waals surface area contributed by atoms with Crippen LogP contribution in [0, 0.1) is 5.82 Å². The number of alkyl halides is 4. The highest BCUT2D eigenvalue weighted by Crippen LogP contribution is 2.38. The summed E-state index contributed by atoms with van der Waals surface area (Å²) in [6.45, 7) is 0.960. The van der Waals surface area contributed by atoms with Gasteiger partial charge in [-0.2, -0.15) is 18.2 Å². The van der Waals surface area contributed by atoms with Gasteiger partial charge in [-0.1, -0.05) is 0 Å². The van der Waals surface area contributed by atoms with Crippen LogP contribution in [0.2, 0.25) is 0 Å². The summed E-state index contributed by atoms with van der Waals surface area (Å²) in [5, 5.41) is 21.8. The first-order chi connectivity index (χ1) is 18.6. The molecule has 1 aromatic heterocycles. The third-order valence-corrected chi connectivity index (χ3v) is 8.15. The highest BCUT2D eigenvalue weighted by Gasteiger charge is 2.39.